The van der Waals surface area contributed by atoms with Crippen LogP contribution in [0.15, 0.2) is 66.9 Å². The number of aryl methyl sites for hydroxylation is 1. The van der Waals surface area contributed by atoms with E-state index >= 15 is 0 Å². The largest absolute Gasteiger partial charge is 0.506 e. The number of rotatable bonds is 11. The summed E-state index contributed by atoms with van der Waals surface area (Å²) in [6.45, 7) is 3.03. The molecular formula is C24H28N3O6P. The highest BCUT2D eigenvalue weighted by Crippen LogP contribution is 2.46. The zero-order chi connectivity index (χ0) is 24.6. The lowest BCUT2D eigenvalue weighted by molar-refractivity contribution is -0.146. The van der Waals surface area contributed by atoms with Crippen molar-refractivity contribution in [3.8, 4) is 11.5 Å². The monoisotopic (exact) mass is 485 g/mol. The van der Waals surface area contributed by atoms with E-state index in [1.807, 2.05) is 30.3 Å². The summed E-state index contributed by atoms with van der Waals surface area (Å²) in [4.78, 5) is 16.6. The number of ether oxygens (including phenoxy) is 1. The lowest BCUT2D eigenvalue weighted by Crippen LogP contribution is -2.35. The Hall–Kier alpha value is -3.23. The van der Waals surface area contributed by atoms with E-state index in [1.54, 1.807) is 37.3 Å². The topological polar surface area (TPSA) is 133 Å². The van der Waals surface area contributed by atoms with Crippen molar-refractivity contribution in [2.24, 2.45) is 5.73 Å². The van der Waals surface area contributed by atoms with Crippen LogP contribution in [-0.2, 0) is 38.4 Å². The summed E-state index contributed by atoms with van der Waals surface area (Å²) in [6.07, 6.45) is 1.49. The van der Waals surface area contributed by atoms with Crippen molar-refractivity contribution in [1.29, 1.82) is 0 Å². The van der Waals surface area contributed by atoms with Gasteiger partial charge in [-0.1, -0.05) is 48.5 Å². The van der Waals surface area contributed by atoms with Gasteiger partial charge in [-0.3, -0.25) is 14.3 Å². The Morgan fingerprint density at radius 3 is 2.41 bits per heavy atom. The van der Waals surface area contributed by atoms with Crippen molar-refractivity contribution >= 4 is 13.7 Å². The molecule has 9 nitrogen and oxygen atoms in total. The molecule has 180 valence electrons. The number of pyridine rings is 1. The van der Waals surface area contributed by atoms with E-state index in [0.717, 1.165) is 5.56 Å². The van der Waals surface area contributed by atoms with Crippen LogP contribution in [-0.4, -0.2) is 22.1 Å². The van der Waals surface area contributed by atoms with E-state index in [2.05, 4.69) is 10.1 Å². The number of nitrogens with one attached hydrogen (secondary N) is 1. The molecule has 1 aromatic heterocycles. The Labute approximate surface area is 198 Å². The maximum Gasteiger partial charge on any atom is 0.459 e. The Bertz CT molecular complexity index is 1140. The van der Waals surface area contributed by atoms with Gasteiger partial charge >= 0.3 is 13.7 Å². The van der Waals surface area contributed by atoms with Crippen LogP contribution < -0.4 is 15.3 Å². The van der Waals surface area contributed by atoms with Gasteiger partial charge in [0.1, 0.15) is 24.1 Å². The van der Waals surface area contributed by atoms with Crippen LogP contribution in [0.5, 0.6) is 11.5 Å². The lowest BCUT2D eigenvalue weighted by Gasteiger charge is -2.23. The molecule has 3 rings (SSSR count). The number of aromatic nitrogens is 1. The van der Waals surface area contributed by atoms with E-state index in [0.29, 0.717) is 16.8 Å². The van der Waals surface area contributed by atoms with Gasteiger partial charge in [-0.15, -0.1) is 0 Å². The third-order valence-electron chi connectivity index (χ3n) is 4.92. The molecule has 3 aromatic rings. The molecule has 0 aliphatic carbocycles. The van der Waals surface area contributed by atoms with E-state index in [1.165, 1.54) is 13.1 Å². The van der Waals surface area contributed by atoms with Crippen LogP contribution in [0, 0.1) is 6.92 Å². The molecule has 34 heavy (non-hydrogen) atoms. The van der Waals surface area contributed by atoms with Gasteiger partial charge in [0, 0.05) is 23.9 Å². The maximum absolute atomic E-state index is 13.6. The number of nitrogens with two attached hydrogens (primary N) is 1. The predicted molar refractivity (Wildman–Crippen MR) is 127 cm³/mol. The molecule has 1 unspecified atom stereocenters. The van der Waals surface area contributed by atoms with Crippen molar-refractivity contribution in [3.05, 3.63) is 89.2 Å². The molecule has 2 aromatic carbocycles. The molecule has 0 saturated carbocycles. The quantitative estimate of drug-likeness (QED) is 0.272. The van der Waals surface area contributed by atoms with Gasteiger partial charge in [0.25, 0.3) is 0 Å². The Kier molecular flexibility index (Phi) is 8.79. The number of carbonyl (C=O) groups excluding carboxylic acids is 1. The second-order valence-electron chi connectivity index (χ2n) is 7.52. The fourth-order valence-corrected chi connectivity index (χ4v) is 4.51. The Balaban J connectivity index is 1.74. The first-order chi connectivity index (χ1) is 16.3. The predicted octanol–water partition coefficient (Wildman–Crippen LogP) is 3.98. The fraction of sp³-hybridized carbons (Fsp3) is 0.250. The van der Waals surface area contributed by atoms with Gasteiger partial charge in [-0.05, 0) is 31.5 Å². The van der Waals surface area contributed by atoms with Crippen LogP contribution in [0.1, 0.15) is 29.3 Å². The molecule has 0 spiro atoms. The van der Waals surface area contributed by atoms with Crippen LogP contribution in [0.4, 0.5) is 0 Å². The number of esters is 1. The van der Waals surface area contributed by atoms with Crippen LogP contribution in [0.2, 0.25) is 0 Å². The highest BCUT2D eigenvalue weighted by molar-refractivity contribution is 7.52. The third-order valence-corrected chi connectivity index (χ3v) is 6.55. The van der Waals surface area contributed by atoms with Gasteiger partial charge in [0.05, 0.1) is 12.3 Å². The molecule has 0 radical (unpaired) electrons. The molecule has 0 aliphatic heterocycles. The highest BCUT2D eigenvalue weighted by atomic mass is 31.2. The number of nitrogens with zero attached hydrogens (tertiary/aromatic N) is 1. The van der Waals surface area contributed by atoms with E-state index in [4.69, 9.17) is 19.5 Å². The summed E-state index contributed by atoms with van der Waals surface area (Å²) in [5.74, 6) is -0.387. The van der Waals surface area contributed by atoms with Gasteiger partial charge in [-0.2, -0.15) is 5.09 Å². The standard InChI is InChI=1S/C24H28N3O6P/c1-17-23(28)22(13-25)20(14-26-17)16-32-34(30,33-21-11-7-4-8-12-21)27-18(2)24(29)31-15-19-9-5-3-6-10-19/h3-12,14,18,28H,13,15-16,25H2,1-2H3,(H,27,30)/t18-,34?/m0/s1. The summed E-state index contributed by atoms with van der Waals surface area (Å²) in [5.41, 5.74) is 7.88. The number of hydrogen-bond donors (Lipinski definition) is 3. The normalized spacial score (nSPS) is 13.6. The van der Waals surface area contributed by atoms with Crippen LogP contribution in [0.3, 0.4) is 0 Å². The van der Waals surface area contributed by atoms with Crippen LogP contribution in [0.25, 0.3) is 0 Å². The minimum atomic E-state index is -4.07. The molecule has 0 fully saturated rings. The molecule has 0 saturated heterocycles. The zero-order valence-electron chi connectivity index (χ0n) is 19.0. The molecule has 2 atom stereocenters. The average Bonchev–Trinajstić information content (AvgIpc) is 2.84. The van der Waals surface area contributed by atoms with Crippen molar-refractivity contribution in [1.82, 2.24) is 10.1 Å². The maximum atomic E-state index is 13.6. The number of para-hydroxylation sites is 1. The van der Waals surface area contributed by atoms with Gasteiger partial charge in [0.2, 0.25) is 0 Å². The summed E-state index contributed by atoms with van der Waals surface area (Å²) in [6, 6.07) is 16.6. The first kappa shape index (κ1) is 25.4. The summed E-state index contributed by atoms with van der Waals surface area (Å²) < 4.78 is 30.2. The molecule has 0 bridgehead atoms. The number of benzene rings is 2. The van der Waals surface area contributed by atoms with E-state index in [9.17, 15) is 14.5 Å². The second-order valence-corrected chi connectivity index (χ2v) is 9.21. The molecule has 10 heteroatoms. The third kappa shape index (κ3) is 6.88. The molecule has 1 heterocycles. The smallest absolute Gasteiger partial charge is 0.459 e. The number of aromatic hydroxyl groups is 1. The average molecular weight is 485 g/mol. The second kappa shape index (κ2) is 11.8. The van der Waals surface area contributed by atoms with Crippen molar-refractivity contribution < 1.29 is 28.3 Å². The van der Waals surface area contributed by atoms with Gasteiger partial charge in [-0.25, -0.2) is 4.57 Å². The van der Waals surface area contributed by atoms with E-state index < -0.39 is 19.8 Å². The first-order valence-corrected chi connectivity index (χ1v) is 12.2. The fourth-order valence-electron chi connectivity index (χ4n) is 3.04. The Morgan fingerprint density at radius 2 is 1.76 bits per heavy atom. The highest BCUT2D eigenvalue weighted by Gasteiger charge is 2.32. The molecular weight excluding hydrogens is 457 g/mol. The summed E-state index contributed by atoms with van der Waals surface area (Å²) >= 11 is 0. The molecule has 0 aliphatic rings. The van der Waals surface area contributed by atoms with Gasteiger partial charge in [0.15, 0.2) is 0 Å². The summed E-state index contributed by atoms with van der Waals surface area (Å²) in [7, 11) is -4.07. The Morgan fingerprint density at radius 1 is 1.12 bits per heavy atom. The minimum absolute atomic E-state index is 0.0351. The molecule has 4 N–H and O–H groups in total. The van der Waals surface area contributed by atoms with Crippen molar-refractivity contribution in [2.75, 3.05) is 0 Å². The van der Waals surface area contributed by atoms with Crippen molar-refractivity contribution in [3.63, 3.8) is 0 Å². The zero-order valence-corrected chi connectivity index (χ0v) is 19.9. The van der Waals surface area contributed by atoms with Gasteiger partial charge < -0.3 is 20.1 Å². The summed E-state index contributed by atoms with van der Waals surface area (Å²) in [5, 5.41) is 12.9. The van der Waals surface area contributed by atoms with Crippen LogP contribution >= 0.6 is 7.75 Å². The molecule has 0 amide bonds. The lowest BCUT2D eigenvalue weighted by atomic mass is 10.1. The number of carbonyl (C=O) groups is 1. The minimum Gasteiger partial charge on any atom is -0.506 e. The van der Waals surface area contributed by atoms with Crippen molar-refractivity contribution in [2.45, 2.75) is 39.6 Å². The van der Waals surface area contributed by atoms with E-state index in [-0.39, 0.29) is 31.3 Å². The number of hydrogen-bond acceptors (Lipinski definition) is 8. The first-order valence-electron chi connectivity index (χ1n) is 10.7. The SMILES string of the molecule is Cc1ncc(COP(=O)(N[C@@H](C)C(=O)OCc2ccccc2)Oc2ccccc2)c(CN)c1O.